The molecule has 2 amide bonds. The van der Waals surface area contributed by atoms with Crippen LogP contribution in [0.1, 0.15) is 31.7 Å². The third-order valence-corrected chi connectivity index (χ3v) is 5.35. The van der Waals surface area contributed by atoms with E-state index in [1.54, 1.807) is 0 Å². The van der Waals surface area contributed by atoms with Crippen LogP contribution in [0.3, 0.4) is 0 Å². The lowest BCUT2D eigenvalue weighted by Gasteiger charge is -2.35. The lowest BCUT2D eigenvalue weighted by molar-refractivity contribution is -0.0185. The van der Waals surface area contributed by atoms with Gasteiger partial charge in [-0.3, -0.25) is 0 Å². The molecule has 2 aliphatic rings. The predicted molar refractivity (Wildman–Crippen MR) is 97.6 cm³/mol. The maximum Gasteiger partial charge on any atom is 0.317 e. The van der Waals surface area contributed by atoms with Crippen LogP contribution in [0.25, 0.3) is 0 Å². The molecule has 0 bridgehead atoms. The molecule has 138 valence electrons. The Labute approximate surface area is 150 Å². The van der Waals surface area contributed by atoms with Crippen LogP contribution in [-0.2, 0) is 15.9 Å². The maximum atomic E-state index is 12.6. The Hall–Kier alpha value is -1.59. The van der Waals surface area contributed by atoms with E-state index >= 15 is 0 Å². The van der Waals surface area contributed by atoms with E-state index < -0.39 is 0 Å². The van der Waals surface area contributed by atoms with Crippen molar-refractivity contribution in [2.75, 3.05) is 32.9 Å². The first-order valence-electron chi connectivity index (χ1n) is 9.51. The molecule has 1 aromatic rings. The Morgan fingerprint density at radius 1 is 1.24 bits per heavy atom. The van der Waals surface area contributed by atoms with Gasteiger partial charge in [-0.15, -0.1) is 0 Å². The fraction of sp³-hybridized carbons (Fsp3) is 0.650. The van der Waals surface area contributed by atoms with E-state index in [0.717, 1.165) is 38.9 Å². The number of urea groups is 1. The molecular formula is C20H30N2O3. The molecule has 2 fully saturated rings. The summed E-state index contributed by atoms with van der Waals surface area (Å²) in [6.07, 6.45) is 4.12. The van der Waals surface area contributed by atoms with E-state index in [-0.39, 0.29) is 18.2 Å². The summed E-state index contributed by atoms with van der Waals surface area (Å²) < 4.78 is 11.3. The molecule has 2 atom stereocenters. The lowest BCUT2D eigenvalue weighted by atomic mass is 9.93. The second-order valence-corrected chi connectivity index (χ2v) is 7.15. The normalized spacial score (nSPS) is 23.2. The van der Waals surface area contributed by atoms with E-state index in [9.17, 15) is 4.79 Å². The van der Waals surface area contributed by atoms with Crippen molar-refractivity contribution in [3.63, 3.8) is 0 Å². The number of carbonyl (C=O) groups is 1. The minimum atomic E-state index is 0.0482. The number of morpholine rings is 1. The first-order chi connectivity index (χ1) is 12.2. The van der Waals surface area contributed by atoms with Gasteiger partial charge in [0, 0.05) is 32.3 Å². The number of hydrogen-bond donors (Lipinski definition) is 1. The van der Waals surface area contributed by atoms with Crippen molar-refractivity contribution >= 4 is 6.03 Å². The van der Waals surface area contributed by atoms with Gasteiger partial charge >= 0.3 is 6.03 Å². The summed E-state index contributed by atoms with van der Waals surface area (Å²) in [5.74, 6) is 0.521. The van der Waals surface area contributed by atoms with Crippen LogP contribution >= 0.6 is 0 Å². The monoisotopic (exact) mass is 346 g/mol. The van der Waals surface area contributed by atoms with Crippen molar-refractivity contribution in [2.24, 2.45) is 5.92 Å². The zero-order valence-corrected chi connectivity index (χ0v) is 15.2. The summed E-state index contributed by atoms with van der Waals surface area (Å²) in [5, 5.41) is 3.19. The highest BCUT2D eigenvalue weighted by Crippen LogP contribution is 2.19. The molecule has 1 aromatic carbocycles. The molecule has 2 aliphatic heterocycles. The number of hydrogen-bond acceptors (Lipinski definition) is 3. The van der Waals surface area contributed by atoms with Gasteiger partial charge in [0.15, 0.2) is 0 Å². The smallest absolute Gasteiger partial charge is 0.317 e. The molecule has 5 nitrogen and oxygen atoms in total. The van der Waals surface area contributed by atoms with Gasteiger partial charge in [-0.25, -0.2) is 4.79 Å². The van der Waals surface area contributed by atoms with Gasteiger partial charge < -0.3 is 19.7 Å². The predicted octanol–water partition coefficient (Wildman–Crippen LogP) is 2.84. The number of aryl methyl sites for hydroxylation is 1. The van der Waals surface area contributed by atoms with Gasteiger partial charge in [0.2, 0.25) is 0 Å². The average molecular weight is 346 g/mol. The van der Waals surface area contributed by atoms with Crippen molar-refractivity contribution in [2.45, 2.75) is 44.8 Å². The molecule has 0 unspecified atom stereocenters. The fourth-order valence-corrected chi connectivity index (χ4v) is 3.67. The molecule has 0 aliphatic carbocycles. The number of rotatable bonds is 5. The highest BCUT2D eigenvalue weighted by Gasteiger charge is 2.27. The third-order valence-electron chi connectivity index (χ3n) is 5.35. The number of ether oxygens (including phenoxy) is 2. The van der Waals surface area contributed by atoms with E-state index in [2.05, 4.69) is 36.5 Å². The Bertz CT molecular complexity index is 531. The quantitative estimate of drug-likeness (QED) is 0.892. The Kier molecular flexibility index (Phi) is 6.70. The van der Waals surface area contributed by atoms with Crippen LogP contribution in [0.15, 0.2) is 30.3 Å². The van der Waals surface area contributed by atoms with Crippen LogP contribution in [0.4, 0.5) is 4.79 Å². The zero-order chi connectivity index (χ0) is 17.5. The molecule has 1 N–H and O–H groups in total. The Balaban J connectivity index is 1.44. The standard InChI is InChI=1S/C20H30N2O3/c1-16(18-9-12-24-13-10-18)21-20(23)22-11-14-25-19(15-22)8-7-17-5-3-2-4-6-17/h2-6,16,18-19H,7-15H2,1H3,(H,21,23)/t16-,19-/m1/s1. The maximum absolute atomic E-state index is 12.6. The first kappa shape index (κ1) is 18.2. The van der Waals surface area contributed by atoms with Crippen molar-refractivity contribution in [1.29, 1.82) is 0 Å². The van der Waals surface area contributed by atoms with E-state index in [1.165, 1.54) is 5.56 Å². The van der Waals surface area contributed by atoms with Gasteiger partial charge in [-0.05, 0) is 44.1 Å². The van der Waals surface area contributed by atoms with Crippen molar-refractivity contribution < 1.29 is 14.3 Å². The zero-order valence-electron chi connectivity index (χ0n) is 15.2. The van der Waals surface area contributed by atoms with E-state index in [0.29, 0.717) is 25.6 Å². The number of nitrogens with zero attached hydrogens (tertiary/aromatic N) is 1. The van der Waals surface area contributed by atoms with Crippen LogP contribution in [0, 0.1) is 5.92 Å². The number of benzene rings is 1. The number of nitrogens with one attached hydrogen (secondary N) is 1. The summed E-state index contributed by atoms with van der Waals surface area (Å²) >= 11 is 0. The molecule has 0 spiro atoms. The Morgan fingerprint density at radius 2 is 2.00 bits per heavy atom. The second kappa shape index (κ2) is 9.20. The molecule has 0 saturated carbocycles. The highest BCUT2D eigenvalue weighted by atomic mass is 16.5. The summed E-state index contributed by atoms with van der Waals surface area (Å²) in [4.78, 5) is 14.5. The lowest BCUT2D eigenvalue weighted by Crippen LogP contribution is -2.52. The molecular weight excluding hydrogens is 316 g/mol. The summed E-state index contributed by atoms with van der Waals surface area (Å²) in [5.41, 5.74) is 1.32. The summed E-state index contributed by atoms with van der Waals surface area (Å²) in [6.45, 7) is 5.71. The molecule has 3 rings (SSSR count). The van der Waals surface area contributed by atoms with E-state index in [4.69, 9.17) is 9.47 Å². The van der Waals surface area contributed by atoms with Gasteiger partial charge in [-0.2, -0.15) is 0 Å². The van der Waals surface area contributed by atoms with Gasteiger partial charge in [-0.1, -0.05) is 30.3 Å². The molecule has 5 heteroatoms. The van der Waals surface area contributed by atoms with E-state index in [1.807, 2.05) is 11.0 Å². The largest absolute Gasteiger partial charge is 0.381 e. The average Bonchev–Trinajstić information content (AvgIpc) is 2.68. The van der Waals surface area contributed by atoms with Crippen molar-refractivity contribution in [3.8, 4) is 0 Å². The molecule has 25 heavy (non-hydrogen) atoms. The first-order valence-corrected chi connectivity index (χ1v) is 9.51. The Morgan fingerprint density at radius 3 is 2.76 bits per heavy atom. The summed E-state index contributed by atoms with van der Waals surface area (Å²) in [6, 6.07) is 10.7. The molecule has 0 aromatic heterocycles. The van der Waals surface area contributed by atoms with Crippen LogP contribution in [0.5, 0.6) is 0 Å². The minimum absolute atomic E-state index is 0.0482. The number of carbonyl (C=O) groups excluding carboxylic acids is 1. The highest BCUT2D eigenvalue weighted by molar-refractivity contribution is 5.74. The second-order valence-electron chi connectivity index (χ2n) is 7.15. The number of amides is 2. The molecule has 2 saturated heterocycles. The minimum Gasteiger partial charge on any atom is -0.381 e. The third kappa shape index (κ3) is 5.44. The van der Waals surface area contributed by atoms with Gasteiger partial charge in [0.25, 0.3) is 0 Å². The molecule has 2 heterocycles. The van der Waals surface area contributed by atoms with Crippen LogP contribution in [-0.4, -0.2) is 56.0 Å². The van der Waals surface area contributed by atoms with Crippen LogP contribution in [0.2, 0.25) is 0 Å². The molecule has 0 radical (unpaired) electrons. The topological polar surface area (TPSA) is 50.8 Å². The fourth-order valence-electron chi connectivity index (χ4n) is 3.67. The SMILES string of the molecule is C[C@@H](NC(=O)N1CCO[C@H](CCc2ccccc2)C1)C1CCOCC1. The van der Waals surface area contributed by atoms with Crippen molar-refractivity contribution in [1.82, 2.24) is 10.2 Å². The van der Waals surface area contributed by atoms with Crippen LogP contribution < -0.4 is 5.32 Å². The van der Waals surface area contributed by atoms with Crippen molar-refractivity contribution in [3.05, 3.63) is 35.9 Å². The van der Waals surface area contributed by atoms with Gasteiger partial charge in [0.05, 0.1) is 12.7 Å². The summed E-state index contributed by atoms with van der Waals surface area (Å²) in [7, 11) is 0. The van der Waals surface area contributed by atoms with Gasteiger partial charge in [0.1, 0.15) is 0 Å².